The lowest BCUT2D eigenvalue weighted by Crippen LogP contribution is -2.49. The molecule has 12 aromatic rings. The van der Waals surface area contributed by atoms with Gasteiger partial charge in [-0.05, 0) is 110 Å². The lowest BCUT2D eigenvalue weighted by Gasteiger charge is -2.36. The van der Waals surface area contributed by atoms with Crippen LogP contribution in [0.15, 0.2) is 107 Å². The number of rotatable bonds is 15. The number of fused-ring (bicyclic) bond motifs is 3. The monoisotopic (exact) mass is 2030 g/mol. The number of piperazine rings is 3. The zero-order valence-corrected chi connectivity index (χ0v) is 80.7. The van der Waals surface area contributed by atoms with E-state index in [1.54, 1.807) is 75.1 Å². The number of aromatic nitrogens is 9. The van der Waals surface area contributed by atoms with E-state index in [2.05, 4.69) is 52.9 Å². The molecule has 0 bridgehead atoms. The van der Waals surface area contributed by atoms with Gasteiger partial charge in [0.05, 0.1) is 126 Å². The lowest BCUT2D eigenvalue weighted by atomic mass is 10.0. The van der Waals surface area contributed by atoms with Crippen LogP contribution in [-0.4, -0.2) is 155 Å². The van der Waals surface area contributed by atoms with Crippen LogP contribution in [0.4, 0.5) is 56.1 Å². The van der Waals surface area contributed by atoms with E-state index in [9.17, 15) is 62.1 Å². The molecule has 3 saturated heterocycles. The Hall–Kier alpha value is -12.4. The second-order valence-electron chi connectivity index (χ2n) is 32.2. The number of carbonyl (C=O) groups excluding carboxylic acids is 3. The van der Waals surface area contributed by atoms with Crippen LogP contribution < -0.4 is 48.6 Å². The van der Waals surface area contributed by atoms with E-state index in [0.29, 0.717) is 125 Å². The van der Waals surface area contributed by atoms with Gasteiger partial charge in [-0.2, -0.15) is 15.8 Å². The van der Waals surface area contributed by atoms with Gasteiger partial charge in [-0.25, -0.2) is 36.9 Å². The molecule has 0 spiro atoms. The summed E-state index contributed by atoms with van der Waals surface area (Å²) in [6.45, 7) is 31.1. The highest BCUT2D eigenvalue weighted by Crippen LogP contribution is 2.51. The Morgan fingerprint density at radius 3 is 0.859 bits per heavy atom. The molecular formula is C93H78Cl10F5N21O6. The number of hydrogen-bond donors (Lipinski definition) is 3. The van der Waals surface area contributed by atoms with Crippen molar-refractivity contribution in [2.24, 2.45) is 0 Å². The molecule has 0 saturated carbocycles. The molecule has 3 aliphatic heterocycles. The van der Waals surface area contributed by atoms with Gasteiger partial charge in [-0.3, -0.25) is 57.4 Å². The largest absolute Gasteiger partial charge is 0.396 e. The molecule has 696 valence electrons. The van der Waals surface area contributed by atoms with E-state index in [-0.39, 0.29) is 166 Å². The Kier molecular flexibility index (Phi) is 29.9. The van der Waals surface area contributed by atoms with Gasteiger partial charge in [0.1, 0.15) is 61.9 Å². The van der Waals surface area contributed by atoms with Crippen molar-refractivity contribution in [1.29, 1.82) is 15.8 Å². The van der Waals surface area contributed by atoms with E-state index in [1.165, 1.54) is 50.1 Å². The Labute approximate surface area is 818 Å². The van der Waals surface area contributed by atoms with E-state index in [4.69, 9.17) is 148 Å². The van der Waals surface area contributed by atoms with Crippen LogP contribution >= 0.6 is 116 Å². The number of nitriles is 3. The first kappa shape index (κ1) is 100. The highest BCUT2D eigenvalue weighted by molar-refractivity contribution is 6.50. The fraction of sp³-hybridized carbons (Fsp3) is 0.258. The van der Waals surface area contributed by atoms with Gasteiger partial charge >= 0.3 is 0 Å². The summed E-state index contributed by atoms with van der Waals surface area (Å²) in [5.74, 6) is -7.15. The molecule has 3 fully saturated rings. The third kappa shape index (κ3) is 17.9. The maximum absolute atomic E-state index is 15.1. The fourth-order valence-corrected chi connectivity index (χ4v) is 19.1. The Bertz CT molecular complexity index is 6650. The molecule has 15 rings (SSSR count). The summed E-state index contributed by atoms with van der Waals surface area (Å²) in [6.07, 6.45) is 8.55. The number of benzene rings is 3. The van der Waals surface area contributed by atoms with Gasteiger partial charge in [-0.1, -0.05) is 177 Å². The topological polar surface area (TPSA) is 363 Å². The molecule has 0 aliphatic carbocycles. The molecule has 3 aliphatic rings. The molecule has 6 N–H and O–H groups in total. The number of anilines is 6. The van der Waals surface area contributed by atoms with Crippen molar-refractivity contribution >= 4 is 201 Å². The van der Waals surface area contributed by atoms with E-state index >= 15 is 4.39 Å². The minimum absolute atomic E-state index is 0.00306. The van der Waals surface area contributed by atoms with Crippen molar-refractivity contribution in [1.82, 2.24) is 58.3 Å². The number of carbonyl (C=O) groups is 3. The number of nitrogen functional groups attached to an aromatic ring is 3. The Morgan fingerprint density at radius 1 is 0.378 bits per heavy atom. The molecule has 9 aromatic heterocycles. The van der Waals surface area contributed by atoms with E-state index < -0.39 is 87.9 Å². The van der Waals surface area contributed by atoms with Crippen molar-refractivity contribution in [3.8, 4) is 69.0 Å². The van der Waals surface area contributed by atoms with Crippen molar-refractivity contribution in [3.63, 3.8) is 0 Å². The van der Waals surface area contributed by atoms with Gasteiger partial charge in [0.15, 0.2) is 29.1 Å². The van der Waals surface area contributed by atoms with Gasteiger partial charge in [-0.15, -0.1) is 0 Å². The maximum Gasteiger partial charge on any atom is 0.276 e. The zero-order valence-electron chi connectivity index (χ0n) is 73.2. The first-order valence-electron chi connectivity index (χ1n) is 41.3. The molecular weight excluding hydrogens is 1960 g/mol. The molecule has 0 radical (unpaired) electrons. The minimum Gasteiger partial charge on any atom is -0.396 e. The van der Waals surface area contributed by atoms with Crippen LogP contribution in [0, 0.1) is 83.9 Å². The van der Waals surface area contributed by atoms with Crippen molar-refractivity contribution in [2.75, 3.05) is 110 Å². The average Bonchev–Trinajstić information content (AvgIpc) is 0.728. The van der Waals surface area contributed by atoms with Gasteiger partial charge in [0.25, 0.3) is 16.7 Å². The molecule has 12 heterocycles. The normalized spacial score (nSPS) is 13.4. The molecule has 3 amide bonds. The highest BCUT2D eigenvalue weighted by atomic mass is 35.5. The minimum atomic E-state index is -1.26. The number of hydrogen-bond acceptors (Lipinski definition) is 21. The summed E-state index contributed by atoms with van der Waals surface area (Å²) >= 11 is 63.2. The molecule has 0 atom stereocenters. The predicted molar refractivity (Wildman–Crippen MR) is 522 cm³/mol. The summed E-state index contributed by atoms with van der Waals surface area (Å²) in [5.41, 5.74) is 18.6. The average molecular weight is 2040 g/mol. The number of aryl methyl sites for hydroxylation is 3. The summed E-state index contributed by atoms with van der Waals surface area (Å²) in [5, 5.41) is 28.0. The first-order valence-corrected chi connectivity index (χ1v) is 45.1. The molecule has 135 heavy (non-hydrogen) atoms. The molecule has 27 nitrogen and oxygen atoms in total. The van der Waals surface area contributed by atoms with Gasteiger partial charge in [0, 0.05) is 130 Å². The van der Waals surface area contributed by atoms with Crippen LogP contribution in [0.2, 0.25) is 50.2 Å². The second kappa shape index (κ2) is 40.3. The first-order chi connectivity index (χ1) is 64.0. The Morgan fingerprint density at radius 2 is 0.622 bits per heavy atom. The lowest BCUT2D eigenvalue weighted by molar-refractivity contribution is -0.127. The van der Waals surface area contributed by atoms with Gasteiger partial charge < -0.3 is 46.6 Å². The number of pyridine rings is 9. The van der Waals surface area contributed by atoms with Gasteiger partial charge in [0.2, 0.25) is 17.7 Å². The quantitative estimate of drug-likeness (QED) is 0.0282. The van der Waals surface area contributed by atoms with Crippen LogP contribution in [0.3, 0.4) is 0 Å². The summed E-state index contributed by atoms with van der Waals surface area (Å²) in [7, 11) is 0. The van der Waals surface area contributed by atoms with Crippen LogP contribution in [0.5, 0.6) is 0 Å². The van der Waals surface area contributed by atoms with Crippen molar-refractivity contribution in [3.05, 3.63) is 254 Å². The molecule has 0 unspecified atom stereocenters. The SMILES string of the molecule is C=CC(=O)N1CCN(c2c(C#N)c(=O)n(-c3c(C)ccnc3C(C)C)c3nc(-c4c(N)c(F)c(Cl)c(Cl)c4Cl)c(Cl)cc23)CC1.C=CC(=O)N1CCN(c2c(C#N)c(=O)n(-c3c(C)ccnc3C(C)C)c3nc(-c4c(N)c(F)c(Cl)c(F)c4Cl)c(Cl)cc23)CC1.C=CC(=O)N1CCN(c2c(C#N)c(=O)n(-c3c(C)ccnc3C(C)C)c3nc(-c4c(N)c(F)c(Cl)c(F)c4Cl)c(Cl)cc23)CC1. The second-order valence-corrected chi connectivity index (χ2v) is 36.1. The molecule has 42 heteroatoms. The zero-order chi connectivity index (χ0) is 98.7. The standard InChI is InChI=1S/C31H26Cl4FN7O2.2C31H26Cl3F2N7O2/c1-5-19(44)41-8-10-42(11-9-41)29-16-12-18(32)27(20-21(33)22(34)23(35)24(36)25(20)38)40-30(16)43(31(45)17(29)13-37)28-15(4)6-7-39-26(28)14(2)3;2*1-5-19(44)41-8-10-42(11-9-41)29-16-12-18(32)27(20-21(33)23(35)22(34)24(36)25(20)38)40-30(16)43(31(45)17(29)13-37)28-15(4)6-7-39-26(28)14(2)3/h3*5-7,12,14H,1,8-11,38H2,2-4H3. The molecule has 3 aromatic carbocycles. The number of halogens is 15. The summed E-state index contributed by atoms with van der Waals surface area (Å²) in [6, 6.07) is 15.8. The summed E-state index contributed by atoms with van der Waals surface area (Å²) < 4.78 is 78.6. The number of nitrogens with zero attached hydrogens (tertiary/aromatic N) is 18. The number of nitrogens with two attached hydrogens (primary N) is 3. The van der Waals surface area contributed by atoms with Crippen LogP contribution in [0.25, 0.3) is 83.9 Å². The third-order valence-electron chi connectivity index (χ3n) is 23.2. The smallest absolute Gasteiger partial charge is 0.276 e. The number of amides is 3. The van der Waals surface area contributed by atoms with Crippen molar-refractivity contribution in [2.45, 2.75) is 80.1 Å². The fourth-order valence-electron chi connectivity index (χ4n) is 16.6. The Balaban J connectivity index is 0.000000171. The third-order valence-corrected chi connectivity index (χ3v) is 26.7. The summed E-state index contributed by atoms with van der Waals surface area (Å²) in [4.78, 5) is 118. The van der Waals surface area contributed by atoms with Crippen molar-refractivity contribution < 1.29 is 36.3 Å². The van der Waals surface area contributed by atoms with E-state index in [0.717, 1.165) is 0 Å². The predicted octanol–water partition coefficient (Wildman–Crippen LogP) is 19.7. The maximum atomic E-state index is 15.1. The van der Waals surface area contributed by atoms with E-state index in [1.807, 2.05) is 53.4 Å². The highest BCUT2D eigenvalue weighted by Gasteiger charge is 2.38. The van der Waals surface area contributed by atoms with Crippen LogP contribution in [0.1, 0.15) is 110 Å². The van der Waals surface area contributed by atoms with Crippen LogP contribution in [-0.2, 0) is 14.4 Å².